The number of nitrogens with one attached hydrogen (secondary N) is 1. The minimum absolute atomic E-state index is 0.0107. The predicted octanol–water partition coefficient (Wildman–Crippen LogP) is 2.99. The van der Waals surface area contributed by atoms with Crippen LogP contribution in [0, 0.1) is 12.7 Å². The molecule has 0 aromatic heterocycles. The zero-order valence-corrected chi connectivity index (χ0v) is 15.4. The van der Waals surface area contributed by atoms with Crippen LogP contribution in [0.5, 0.6) is 0 Å². The van der Waals surface area contributed by atoms with Crippen molar-refractivity contribution in [3.63, 3.8) is 0 Å². The lowest BCUT2D eigenvalue weighted by atomic mass is 10.2. The standard InChI is InChI=1S/C17H15ClFNO5S/c1-10-3-4-11(7-15(10)19)20-16(21)9-25-17(22)13-8-12(26(2,23)24)5-6-14(13)18/h3-8H,9H2,1-2H3,(H,20,21). The van der Waals surface area contributed by atoms with Crippen LogP contribution in [-0.2, 0) is 19.4 Å². The van der Waals surface area contributed by atoms with Gasteiger partial charge in [-0.15, -0.1) is 0 Å². The molecule has 0 unspecified atom stereocenters. The Morgan fingerprint density at radius 3 is 2.50 bits per heavy atom. The van der Waals surface area contributed by atoms with Gasteiger partial charge in [0.1, 0.15) is 5.82 Å². The maximum atomic E-state index is 13.4. The van der Waals surface area contributed by atoms with Crippen LogP contribution >= 0.6 is 11.6 Å². The lowest BCUT2D eigenvalue weighted by Gasteiger charge is -2.09. The number of hydrogen-bond acceptors (Lipinski definition) is 5. The van der Waals surface area contributed by atoms with Crippen molar-refractivity contribution in [3.8, 4) is 0 Å². The molecule has 0 spiro atoms. The van der Waals surface area contributed by atoms with E-state index in [0.29, 0.717) is 5.56 Å². The number of hydrogen-bond donors (Lipinski definition) is 1. The van der Waals surface area contributed by atoms with E-state index < -0.39 is 34.1 Å². The van der Waals surface area contributed by atoms with Gasteiger partial charge in [-0.2, -0.15) is 0 Å². The quantitative estimate of drug-likeness (QED) is 0.780. The summed E-state index contributed by atoms with van der Waals surface area (Å²) < 4.78 is 41.4. The van der Waals surface area contributed by atoms with E-state index >= 15 is 0 Å². The zero-order valence-electron chi connectivity index (χ0n) is 13.9. The van der Waals surface area contributed by atoms with Crippen LogP contribution in [0.15, 0.2) is 41.3 Å². The van der Waals surface area contributed by atoms with Gasteiger partial charge in [0.15, 0.2) is 16.4 Å². The van der Waals surface area contributed by atoms with Crippen molar-refractivity contribution in [2.75, 3.05) is 18.2 Å². The topological polar surface area (TPSA) is 89.5 Å². The molecular formula is C17H15ClFNO5S. The molecule has 26 heavy (non-hydrogen) atoms. The van der Waals surface area contributed by atoms with Crippen molar-refractivity contribution >= 4 is 39.0 Å². The van der Waals surface area contributed by atoms with E-state index in [2.05, 4.69) is 5.32 Å². The number of esters is 1. The van der Waals surface area contributed by atoms with Gasteiger partial charge in [-0.05, 0) is 42.8 Å². The minimum Gasteiger partial charge on any atom is -0.452 e. The van der Waals surface area contributed by atoms with Gasteiger partial charge in [-0.3, -0.25) is 4.79 Å². The van der Waals surface area contributed by atoms with E-state index in [1.165, 1.54) is 24.3 Å². The van der Waals surface area contributed by atoms with Gasteiger partial charge in [0.05, 0.1) is 15.5 Å². The molecule has 1 N–H and O–H groups in total. The third-order valence-electron chi connectivity index (χ3n) is 3.38. The molecule has 0 fully saturated rings. The van der Waals surface area contributed by atoms with Crippen LogP contribution in [0.25, 0.3) is 0 Å². The second kappa shape index (κ2) is 7.84. The molecular weight excluding hydrogens is 385 g/mol. The Bertz CT molecular complexity index is 975. The second-order valence-corrected chi connectivity index (χ2v) is 7.93. The number of carbonyl (C=O) groups is 2. The Labute approximate surface area is 154 Å². The average molecular weight is 400 g/mol. The smallest absolute Gasteiger partial charge is 0.340 e. The highest BCUT2D eigenvalue weighted by Crippen LogP contribution is 2.21. The number of aryl methyl sites for hydroxylation is 1. The summed E-state index contributed by atoms with van der Waals surface area (Å²) in [5.41, 5.74) is 0.463. The van der Waals surface area contributed by atoms with Crippen molar-refractivity contribution in [1.29, 1.82) is 0 Å². The summed E-state index contributed by atoms with van der Waals surface area (Å²) in [4.78, 5) is 23.8. The van der Waals surface area contributed by atoms with Gasteiger partial charge in [-0.25, -0.2) is 17.6 Å². The number of halogens is 2. The van der Waals surface area contributed by atoms with Crippen LogP contribution in [0.1, 0.15) is 15.9 Å². The lowest BCUT2D eigenvalue weighted by Crippen LogP contribution is -2.21. The number of rotatable bonds is 5. The van der Waals surface area contributed by atoms with Gasteiger partial charge >= 0.3 is 5.97 Å². The molecule has 2 aromatic rings. The molecule has 0 radical (unpaired) electrons. The van der Waals surface area contributed by atoms with E-state index in [9.17, 15) is 22.4 Å². The van der Waals surface area contributed by atoms with Gasteiger partial charge in [0.25, 0.3) is 5.91 Å². The largest absolute Gasteiger partial charge is 0.452 e. The van der Waals surface area contributed by atoms with Crippen molar-refractivity contribution in [3.05, 3.63) is 58.4 Å². The summed E-state index contributed by atoms with van der Waals surface area (Å²) in [5.74, 6) is -2.12. The molecule has 0 saturated heterocycles. The van der Waals surface area contributed by atoms with Crippen LogP contribution in [-0.4, -0.2) is 33.2 Å². The average Bonchev–Trinajstić information content (AvgIpc) is 2.55. The fraction of sp³-hybridized carbons (Fsp3) is 0.176. The summed E-state index contributed by atoms with van der Waals surface area (Å²) in [7, 11) is -3.54. The normalized spacial score (nSPS) is 11.1. The highest BCUT2D eigenvalue weighted by molar-refractivity contribution is 7.90. The van der Waals surface area contributed by atoms with E-state index in [4.69, 9.17) is 16.3 Å². The van der Waals surface area contributed by atoms with E-state index in [0.717, 1.165) is 18.4 Å². The molecule has 138 valence electrons. The monoisotopic (exact) mass is 399 g/mol. The van der Waals surface area contributed by atoms with Crippen molar-refractivity contribution in [2.45, 2.75) is 11.8 Å². The summed E-state index contributed by atoms with van der Waals surface area (Å²) in [6, 6.07) is 7.73. The third-order valence-corrected chi connectivity index (χ3v) is 4.82. The Morgan fingerprint density at radius 2 is 1.88 bits per heavy atom. The summed E-state index contributed by atoms with van der Waals surface area (Å²) in [6.45, 7) is 0.935. The molecule has 0 aliphatic carbocycles. The maximum absolute atomic E-state index is 13.4. The number of ether oxygens (including phenoxy) is 1. The highest BCUT2D eigenvalue weighted by Gasteiger charge is 2.18. The summed E-state index contributed by atoms with van der Waals surface area (Å²) in [6.07, 6.45) is 0.986. The molecule has 0 atom stereocenters. The molecule has 0 aliphatic heterocycles. The van der Waals surface area contributed by atoms with Gasteiger partial charge < -0.3 is 10.1 Å². The number of carbonyl (C=O) groups excluding carboxylic acids is 2. The summed E-state index contributed by atoms with van der Waals surface area (Å²) in [5, 5.41) is 2.37. The number of anilines is 1. The number of amides is 1. The Hall–Kier alpha value is -2.45. The Morgan fingerprint density at radius 1 is 1.19 bits per heavy atom. The number of benzene rings is 2. The van der Waals surface area contributed by atoms with Gasteiger partial charge in [0.2, 0.25) is 0 Å². The maximum Gasteiger partial charge on any atom is 0.340 e. The highest BCUT2D eigenvalue weighted by atomic mass is 35.5. The fourth-order valence-electron chi connectivity index (χ4n) is 1.97. The van der Waals surface area contributed by atoms with Crippen molar-refractivity contribution in [1.82, 2.24) is 0 Å². The Balaban J connectivity index is 2.04. The first-order chi connectivity index (χ1) is 12.1. The Kier molecular flexibility index (Phi) is 5.99. The lowest BCUT2D eigenvalue weighted by molar-refractivity contribution is -0.119. The first-order valence-electron chi connectivity index (χ1n) is 7.30. The second-order valence-electron chi connectivity index (χ2n) is 5.50. The molecule has 1 amide bonds. The molecule has 6 nitrogen and oxygen atoms in total. The molecule has 0 bridgehead atoms. The van der Waals surface area contributed by atoms with Crippen molar-refractivity contribution in [2.24, 2.45) is 0 Å². The van der Waals surface area contributed by atoms with Crippen LogP contribution in [0.4, 0.5) is 10.1 Å². The number of sulfone groups is 1. The van der Waals surface area contributed by atoms with Crippen molar-refractivity contribution < 1.29 is 27.1 Å². The molecule has 0 aliphatic rings. The molecule has 9 heteroatoms. The summed E-state index contributed by atoms with van der Waals surface area (Å²) >= 11 is 5.88. The minimum atomic E-state index is -3.54. The predicted molar refractivity (Wildman–Crippen MR) is 94.6 cm³/mol. The zero-order chi connectivity index (χ0) is 19.5. The van der Waals surface area contributed by atoms with Crippen LogP contribution < -0.4 is 5.32 Å². The first kappa shape index (κ1) is 19.9. The molecule has 2 rings (SSSR count). The molecule has 0 heterocycles. The van der Waals surface area contributed by atoms with Gasteiger partial charge in [-0.1, -0.05) is 17.7 Å². The SMILES string of the molecule is Cc1ccc(NC(=O)COC(=O)c2cc(S(C)(=O)=O)ccc2Cl)cc1F. The molecule has 2 aromatic carbocycles. The van der Waals surface area contributed by atoms with E-state index in [1.807, 2.05) is 0 Å². The van der Waals surface area contributed by atoms with E-state index in [-0.39, 0.29) is 21.2 Å². The van der Waals surface area contributed by atoms with Gasteiger partial charge in [0, 0.05) is 11.9 Å². The molecule has 0 saturated carbocycles. The first-order valence-corrected chi connectivity index (χ1v) is 9.57. The fourth-order valence-corrected chi connectivity index (χ4v) is 2.81. The van der Waals surface area contributed by atoms with Crippen LogP contribution in [0.2, 0.25) is 5.02 Å². The third kappa shape index (κ3) is 5.03. The van der Waals surface area contributed by atoms with E-state index in [1.54, 1.807) is 6.92 Å². The van der Waals surface area contributed by atoms with Crippen LogP contribution in [0.3, 0.4) is 0 Å².